The van der Waals surface area contributed by atoms with Gasteiger partial charge in [0.05, 0.1) is 0 Å². The van der Waals surface area contributed by atoms with E-state index in [1.165, 1.54) is 6.08 Å². The fraction of sp³-hybridized carbons (Fsp3) is 0.0556. The van der Waals surface area contributed by atoms with Gasteiger partial charge in [0.15, 0.2) is 5.11 Å². The summed E-state index contributed by atoms with van der Waals surface area (Å²) < 4.78 is 5.74. The van der Waals surface area contributed by atoms with Crippen LogP contribution in [0.2, 0.25) is 5.02 Å². The summed E-state index contributed by atoms with van der Waals surface area (Å²) in [7, 11) is 0. The first kappa shape index (κ1) is 17.1. The first-order chi connectivity index (χ1) is 12.0. The van der Waals surface area contributed by atoms with Gasteiger partial charge in [-0.25, -0.2) is 0 Å². The van der Waals surface area contributed by atoms with Gasteiger partial charge in [-0.2, -0.15) is 0 Å². The molecule has 0 radical (unpaired) electrons. The molecule has 1 aliphatic heterocycles. The molecule has 0 aliphatic carbocycles. The Labute approximate surface area is 154 Å². The number of halogens is 1. The van der Waals surface area contributed by atoms with E-state index in [-0.39, 0.29) is 10.7 Å². The third-order valence-electron chi connectivity index (χ3n) is 3.46. The van der Waals surface area contributed by atoms with Gasteiger partial charge in [0.25, 0.3) is 11.8 Å². The molecule has 2 N–H and O–H groups in total. The van der Waals surface area contributed by atoms with Crippen LogP contribution in [0.5, 0.6) is 5.75 Å². The molecule has 126 valence electrons. The molecule has 25 heavy (non-hydrogen) atoms. The summed E-state index contributed by atoms with van der Waals surface area (Å²) in [6.45, 7) is 0.314. The summed E-state index contributed by atoms with van der Waals surface area (Å²) in [5.74, 6) is -0.464. The van der Waals surface area contributed by atoms with Gasteiger partial charge in [0.1, 0.15) is 17.9 Å². The molecule has 0 aromatic heterocycles. The van der Waals surface area contributed by atoms with Crippen LogP contribution in [0.1, 0.15) is 11.1 Å². The minimum Gasteiger partial charge on any atom is -0.489 e. The van der Waals surface area contributed by atoms with Crippen LogP contribution in [0.15, 0.2) is 54.1 Å². The monoisotopic (exact) mass is 372 g/mol. The second-order valence-electron chi connectivity index (χ2n) is 5.25. The average molecular weight is 373 g/mol. The van der Waals surface area contributed by atoms with Crippen molar-refractivity contribution in [3.8, 4) is 5.75 Å². The molecule has 1 heterocycles. The van der Waals surface area contributed by atoms with E-state index < -0.39 is 11.8 Å². The normalized spacial score (nSPS) is 14.0. The molecule has 5 nitrogen and oxygen atoms in total. The molecule has 2 aromatic rings. The number of rotatable bonds is 4. The minimum atomic E-state index is -0.531. The Balaban J connectivity index is 1.76. The highest BCUT2D eigenvalue weighted by molar-refractivity contribution is 7.80. The van der Waals surface area contributed by atoms with Crippen LogP contribution in [0.3, 0.4) is 0 Å². The van der Waals surface area contributed by atoms with Crippen LogP contribution in [0.25, 0.3) is 6.08 Å². The van der Waals surface area contributed by atoms with E-state index in [2.05, 4.69) is 10.6 Å². The Morgan fingerprint density at radius 1 is 1.04 bits per heavy atom. The maximum Gasteiger partial charge on any atom is 0.263 e. The van der Waals surface area contributed by atoms with Gasteiger partial charge >= 0.3 is 0 Å². The third-order valence-corrected chi connectivity index (χ3v) is 4.04. The molecule has 1 saturated heterocycles. The zero-order valence-corrected chi connectivity index (χ0v) is 14.5. The lowest BCUT2D eigenvalue weighted by atomic mass is 10.1. The smallest absolute Gasteiger partial charge is 0.263 e. The van der Waals surface area contributed by atoms with E-state index in [0.717, 1.165) is 5.56 Å². The fourth-order valence-corrected chi connectivity index (χ4v) is 2.62. The first-order valence-electron chi connectivity index (χ1n) is 7.37. The van der Waals surface area contributed by atoms with E-state index in [0.29, 0.717) is 22.9 Å². The SMILES string of the molecule is O=C1NC(=S)NC(=O)C1=Cc1cccc(OCc2ccccc2Cl)c1. The van der Waals surface area contributed by atoms with Crippen LogP contribution in [0, 0.1) is 0 Å². The van der Waals surface area contributed by atoms with Crippen molar-refractivity contribution in [1.29, 1.82) is 0 Å². The number of ether oxygens (including phenoxy) is 1. The van der Waals surface area contributed by atoms with Crippen LogP contribution in [-0.2, 0) is 16.2 Å². The zero-order valence-electron chi connectivity index (χ0n) is 12.9. The number of thiocarbonyl (C=S) groups is 1. The van der Waals surface area contributed by atoms with Crippen molar-refractivity contribution in [1.82, 2.24) is 10.6 Å². The average Bonchev–Trinajstić information content (AvgIpc) is 2.58. The van der Waals surface area contributed by atoms with Gasteiger partial charge in [-0.3, -0.25) is 20.2 Å². The molecule has 0 unspecified atom stereocenters. The van der Waals surface area contributed by atoms with Crippen molar-refractivity contribution >= 4 is 46.8 Å². The van der Waals surface area contributed by atoms with E-state index in [1.807, 2.05) is 18.2 Å². The molecule has 0 bridgehead atoms. The topological polar surface area (TPSA) is 67.4 Å². The summed E-state index contributed by atoms with van der Waals surface area (Å²) >= 11 is 10.9. The summed E-state index contributed by atoms with van der Waals surface area (Å²) in [5.41, 5.74) is 1.51. The van der Waals surface area contributed by atoms with Gasteiger partial charge in [-0.15, -0.1) is 0 Å². The molecule has 7 heteroatoms. The Hall–Kier alpha value is -2.70. The summed E-state index contributed by atoms with van der Waals surface area (Å²) in [6.07, 6.45) is 1.48. The molecule has 0 saturated carbocycles. The summed E-state index contributed by atoms with van der Waals surface area (Å²) in [4.78, 5) is 23.8. The Kier molecular flexibility index (Phi) is 5.11. The number of carbonyl (C=O) groups excluding carboxylic acids is 2. The molecule has 0 atom stereocenters. The second-order valence-corrected chi connectivity index (χ2v) is 6.06. The lowest BCUT2D eigenvalue weighted by Crippen LogP contribution is -2.51. The number of carbonyl (C=O) groups is 2. The Morgan fingerprint density at radius 2 is 1.76 bits per heavy atom. The van der Waals surface area contributed by atoms with Crippen LogP contribution in [-0.4, -0.2) is 16.9 Å². The quantitative estimate of drug-likeness (QED) is 0.492. The van der Waals surface area contributed by atoms with Gasteiger partial charge in [0.2, 0.25) is 0 Å². The number of hydrogen-bond acceptors (Lipinski definition) is 4. The number of amides is 2. The predicted octanol–water partition coefficient (Wildman–Crippen LogP) is 2.83. The van der Waals surface area contributed by atoms with Crippen molar-refractivity contribution in [3.05, 3.63) is 70.3 Å². The fourth-order valence-electron chi connectivity index (χ4n) is 2.24. The molecular formula is C18H13ClN2O3S. The van der Waals surface area contributed by atoms with E-state index >= 15 is 0 Å². The van der Waals surface area contributed by atoms with Gasteiger partial charge in [-0.05, 0) is 42.1 Å². The number of nitrogens with one attached hydrogen (secondary N) is 2. The molecule has 3 rings (SSSR count). The van der Waals surface area contributed by atoms with Crippen molar-refractivity contribution in [3.63, 3.8) is 0 Å². The van der Waals surface area contributed by atoms with Gasteiger partial charge in [-0.1, -0.05) is 41.9 Å². The van der Waals surface area contributed by atoms with E-state index in [1.54, 1.807) is 30.3 Å². The standard InChI is InChI=1S/C18H13ClN2O3S/c19-15-7-2-1-5-12(15)10-24-13-6-3-4-11(8-13)9-14-16(22)20-18(25)21-17(14)23/h1-9H,10H2,(H2,20,21,22,23,25). The largest absolute Gasteiger partial charge is 0.489 e. The number of hydrogen-bond donors (Lipinski definition) is 2. The van der Waals surface area contributed by atoms with Crippen molar-refractivity contribution in [2.45, 2.75) is 6.61 Å². The van der Waals surface area contributed by atoms with Crippen LogP contribution in [0.4, 0.5) is 0 Å². The highest BCUT2D eigenvalue weighted by atomic mass is 35.5. The maximum absolute atomic E-state index is 11.9. The lowest BCUT2D eigenvalue weighted by molar-refractivity contribution is -0.123. The highest BCUT2D eigenvalue weighted by Crippen LogP contribution is 2.20. The van der Waals surface area contributed by atoms with Gasteiger partial charge < -0.3 is 4.74 Å². The summed E-state index contributed by atoms with van der Waals surface area (Å²) in [6, 6.07) is 14.5. The molecule has 0 spiro atoms. The Bertz CT molecular complexity index is 873. The Morgan fingerprint density at radius 3 is 2.48 bits per heavy atom. The molecule has 1 fully saturated rings. The molecule has 2 amide bonds. The first-order valence-corrected chi connectivity index (χ1v) is 8.16. The highest BCUT2D eigenvalue weighted by Gasteiger charge is 2.25. The van der Waals surface area contributed by atoms with Crippen LogP contribution < -0.4 is 15.4 Å². The molecule has 2 aromatic carbocycles. The van der Waals surface area contributed by atoms with Crippen LogP contribution >= 0.6 is 23.8 Å². The van der Waals surface area contributed by atoms with Crippen molar-refractivity contribution in [2.75, 3.05) is 0 Å². The van der Waals surface area contributed by atoms with E-state index in [9.17, 15) is 9.59 Å². The second kappa shape index (κ2) is 7.46. The van der Waals surface area contributed by atoms with Gasteiger partial charge in [0, 0.05) is 10.6 Å². The molecule has 1 aliphatic rings. The summed E-state index contributed by atoms with van der Waals surface area (Å²) in [5, 5.41) is 5.42. The molecular weight excluding hydrogens is 360 g/mol. The van der Waals surface area contributed by atoms with Crippen molar-refractivity contribution < 1.29 is 14.3 Å². The van der Waals surface area contributed by atoms with E-state index in [4.69, 9.17) is 28.6 Å². The minimum absolute atomic E-state index is 0.00368. The predicted molar refractivity (Wildman–Crippen MR) is 99.1 cm³/mol. The zero-order chi connectivity index (χ0) is 17.8. The number of benzene rings is 2. The van der Waals surface area contributed by atoms with Crippen molar-refractivity contribution in [2.24, 2.45) is 0 Å². The lowest BCUT2D eigenvalue weighted by Gasteiger charge is -2.16. The third kappa shape index (κ3) is 4.23. The maximum atomic E-state index is 11.9.